The first-order chi connectivity index (χ1) is 46.1. The molecule has 4 aromatic carbocycles. The largest absolute Gasteiger partial charge is 0.481 e. The molecule has 0 radical (unpaired) electrons. The van der Waals surface area contributed by atoms with Gasteiger partial charge in [0.25, 0.3) is 5.91 Å². The van der Waals surface area contributed by atoms with Gasteiger partial charge in [-0.05, 0) is 110 Å². The second-order valence-electron chi connectivity index (χ2n) is 24.9. The summed E-state index contributed by atoms with van der Waals surface area (Å²) in [5.41, 5.74) is 8.02. The van der Waals surface area contributed by atoms with Crippen molar-refractivity contribution in [3.8, 4) is 11.5 Å². The number of carbonyl (C=O) groups excluding carboxylic acids is 10. The summed E-state index contributed by atoms with van der Waals surface area (Å²) in [5.74, 6) is -7.11. The fourth-order valence-corrected chi connectivity index (χ4v) is 12.9. The Morgan fingerprint density at radius 3 is 1.61 bits per heavy atom. The van der Waals surface area contributed by atoms with E-state index in [2.05, 4.69) is 21.3 Å². The highest BCUT2D eigenvalue weighted by molar-refractivity contribution is 7.99. The van der Waals surface area contributed by atoms with Crippen molar-refractivity contribution in [2.24, 2.45) is 11.7 Å². The van der Waals surface area contributed by atoms with E-state index in [0.717, 1.165) is 57.9 Å². The van der Waals surface area contributed by atoms with Crippen LogP contribution in [0.25, 0.3) is 0 Å². The lowest BCUT2D eigenvalue weighted by molar-refractivity contribution is -0.139. The molecule has 0 unspecified atom stereocenters. The van der Waals surface area contributed by atoms with Crippen LogP contribution in [0.1, 0.15) is 130 Å². The lowest BCUT2D eigenvalue weighted by Crippen LogP contribution is -2.55. The van der Waals surface area contributed by atoms with Gasteiger partial charge in [-0.15, -0.1) is 11.8 Å². The molecule has 1 saturated carbocycles. The standard InChI is InChI=1S/C70H89N9O16S/c1-47(80)19-29-65(86)77-38-53(24-31-68(89)90)72-62(83)45-79(67(88)37-51-20-28-58-59(36-51)95-46-94-58)39-54(25-32-69(91)92)73-61(82)43-78(66(87)30-21-48-12-5-2-6-13-48)41-56(35-50-16-9-4-10-17-50)75-70(93)52-22-26-57(27-23-52)96-33-11-18-64(85)76(42-60(71)81)40-55(74-63(84)44-77)34-49-14-7-3-8-15-49/h3-4,7-10,14-17,20,22-23,26-28,36,48,53-56H,2,5-6,11-13,18-19,21,24-25,29-35,37-46H2,1H3,(H2,71,81)(H,72,83)(H,73,82)(H,74,84)(H,75,93)(H,89,90)(H,91,92)/t53-,54-,55-,56-/m0/s1. The van der Waals surface area contributed by atoms with Crippen molar-refractivity contribution >= 4 is 82.6 Å². The number of nitrogens with zero attached hydrogens (tertiary/aromatic N) is 4. The van der Waals surface area contributed by atoms with Gasteiger partial charge in [-0.2, -0.15) is 0 Å². The zero-order chi connectivity index (χ0) is 68.9. The van der Waals surface area contributed by atoms with Crippen LogP contribution < -0.4 is 36.5 Å². The maximum absolute atomic E-state index is 14.8. The number of primary amides is 1. The van der Waals surface area contributed by atoms with E-state index >= 15 is 0 Å². The molecule has 0 saturated heterocycles. The van der Waals surface area contributed by atoms with Crippen LogP contribution in [-0.4, -0.2) is 190 Å². The molecule has 4 atom stereocenters. The van der Waals surface area contributed by atoms with Crippen LogP contribution in [0.5, 0.6) is 11.5 Å². The van der Waals surface area contributed by atoms with Gasteiger partial charge in [-0.25, -0.2) is 0 Å². The van der Waals surface area contributed by atoms with Gasteiger partial charge in [-0.1, -0.05) is 98.8 Å². The molecule has 3 heterocycles. The maximum Gasteiger partial charge on any atom is 0.303 e. The molecule has 4 aliphatic rings. The number of nitrogens with one attached hydrogen (secondary N) is 4. The van der Waals surface area contributed by atoms with Crippen LogP contribution in [0.3, 0.4) is 0 Å². The molecule has 1 aliphatic carbocycles. The van der Waals surface area contributed by atoms with Gasteiger partial charge >= 0.3 is 11.9 Å². The molecule has 8 rings (SSSR count). The molecule has 1 fully saturated rings. The van der Waals surface area contributed by atoms with Crippen LogP contribution in [-0.2, 0) is 72.0 Å². The molecule has 26 heteroatoms. The number of carboxylic acids is 2. The average Bonchev–Trinajstić information content (AvgIpc) is 1.58. The number of nitrogens with two attached hydrogens (primary N) is 1. The number of amides is 9. The topological polar surface area (TPSA) is 351 Å². The first kappa shape index (κ1) is 74.1. The molecule has 0 aromatic heterocycles. The molecular formula is C70H89N9O16S. The molecular weight excluding hydrogens is 1250 g/mol. The van der Waals surface area contributed by atoms with Gasteiger partial charge in [0.05, 0.1) is 44.7 Å². The molecule has 2 bridgehead atoms. The molecule has 25 nitrogen and oxygen atoms in total. The number of fused-ring (bicyclic) bond motifs is 30. The van der Waals surface area contributed by atoms with Crippen molar-refractivity contribution in [2.45, 2.75) is 152 Å². The molecule has 96 heavy (non-hydrogen) atoms. The van der Waals surface area contributed by atoms with Gasteiger partial charge in [0, 0.05) is 87.2 Å². The smallest absolute Gasteiger partial charge is 0.303 e. The molecule has 4 aromatic rings. The number of ketones is 1. The minimum absolute atomic E-state index is 0.0175. The maximum atomic E-state index is 14.8. The van der Waals surface area contributed by atoms with Gasteiger partial charge < -0.3 is 71.1 Å². The number of rotatable bonds is 20. The molecule has 9 amide bonds. The number of hydrogen-bond acceptors (Lipinski definition) is 15. The Bertz CT molecular complexity index is 3340. The number of thioether (sulfide) groups is 1. The third-order valence-corrected chi connectivity index (χ3v) is 18.0. The zero-order valence-corrected chi connectivity index (χ0v) is 55.2. The summed E-state index contributed by atoms with van der Waals surface area (Å²) in [6.45, 7) is -2.52. The van der Waals surface area contributed by atoms with Crippen molar-refractivity contribution in [3.05, 3.63) is 125 Å². The Morgan fingerprint density at radius 2 is 1.06 bits per heavy atom. The number of carboxylic acid groups (broad SMARTS) is 2. The second kappa shape index (κ2) is 38.3. The minimum atomic E-state index is -1.27. The molecule has 516 valence electrons. The van der Waals surface area contributed by atoms with Crippen molar-refractivity contribution < 1.29 is 77.2 Å². The fourth-order valence-electron chi connectivity index (χ4n) is 12.0. The summed E-state index contributed by atoms with van der Waals surface area (Å²) in [6, 6.07) is 25.9. The third kappa shape index (κ3) is 26.1. The number of carbonyl (C=O) groups is 12. The number of aliphatic carboxylic acids is 2. The van der Waals surface area contributed by atoms with Crippen molar-refractivity contribution in [3.63, 3.8) is 0 Å². The van der Waals surface area contributed by atoms with Crippen LogP contribution >= 0.6 is 11.8 Å². The summed E-state index contributed by atoms with van der Waals surface area (Å²) < 4.78 is 11.0. The van der Waals surface area contributed by atoms with Crippen LogP contribution in [0, 0.1) is 5.92 Å². The Hall–Kier alpha value is -9.33. The van der Waals surface area contributed by atoms with E-state index in [1.165, 1.54) is 28.5 Å². The summed E-state index contributed by atoms with van der Waals surface area (Å²) >= 11 is 1.43. The van der Waals surface area contributed by atoms with Crippen LogP contribution in [0.15, 0.2) is 108 Å². The molecule has 0 spiro atoms. The molecule has 3 aliphatic heterocycles. The Morgan fingerprint density at radius 1 is 0.542 bits per heavy atom. The van der Waals surface area contributed by atoms with Gasteiger partial charge in [0.15, 0.2) is 11.5 Å². The quantitative estimate of drug-likeness (QED) is 0.0582. The first-order valence-corrected chi connectivity index (χ1v) is 33.8. The lowest BCUT2D eigenvalue weighted by atomic mass is 9.86. The monoisotopic (exact) mass is 1340 g/mol. The van der Waals surface area contributed by atoms with E-state index in [4.69, 9.17) is 15.2 Å². The van der Waals surface area contributed by atoms with Gasteiger partial charge in [0.1, 0.15) is 5.78 Å². The average molecular weight is 1340 g/mol. The first-order valence-electron chi connectivity index (χ1n) is 32.8. The van der Waals surface area contributed by atoms with Crippen molar-refractivity contribution in [1.82, 2.24) is 40.9 Å². The fraction of sp³-hybridized carbons (Fsp3) is 0.486. The second-order valence-corrected chi connectivity index (χ2v) is 26.0. The summed E-state index contributed by atoms with van der Waals surface area (Å²) in [6.07, 6.45) is 3.93. The van der Waals surface area contributed by atoms with Crippen LogP contribution in [0.4, 0.5) is 0 Å². The number of Topliss-reactive ketones (excluding diaryl/α,β-unsaturated/α-hetero) is 1. The predicted molar refractivity (Wildman–Crippen MR) is 355 cm³/mol. The van der Waals surface area contributed by atoms with Crippen LogP contribution in [0.2, 0.25) is 0 Å². The van der Waals surface area contributed by atoms with E-state index < -0.39 is 135 Å². The van der Waals surface area contributed by atoms with E-state index in [-0.39, 0.29) is 89.4 Å². The van der Waals surface area contributed by atoms with E-state index in [1.54, 1.807) is 72.8 Å². The third-order valence-electron chi connectivity index (χ3n) is 16.9. The highest BCUT2D eigenvalue weighted by Gasteiger charge is 2.32. The lowest BCUT2D eigenvalue weighted by Gasteiger charge is -2.32. The normalized spacial score (nSPS) is 19.6. The summed E-state index contributed by atoms with van der Waals surface area (Å²) in [4.78, 5) is 171. The highest BCUT2D eigenvalue weighted by atomic mass is 32.2. The number of ether oxygens (including phenoxy) is 2. The van der Waals surface area contributed by atoms with Crippen molar-refractivity contribution in [2.75, 3.05) is 64.9 Å². The highest BCUT2D eigenvalue weighted by Crippen LogP contribution is 2.33. The Labute approximate surface area is 563 Å². The van der Waals surface area contributed by atoms with Gasteiger partial charge in [0.2, 0.25) is 54.1 Å². The minimum Gasteiger partial charge on any atom is -0.481 e. The summed E-state index contributed by atoms with van der Waals surface area (Å²) in [7, 11) is 0. The molecule has 8 N–H and O–H groups in total. The summed E-state index contributed by atoms with van der Waals surface area (Å²) in [5, 5.41) is 31.7. The Balaban J connectivity index is 1.26. The van der Waals surface area contributed by atoms with E-state index in [9.17, 15) is 67.7 Å². The van der Waals surface area contributed by atoms with E-state index in [0.29, 0.717) is 47.1 Å². The number of hydrogen-bond donors (Lipinski definition) is 7. The zero-order valence-electron chi connectivity index (χ0n) is 54.4. The van der Waals surface area contributed by atoms with E-state index in [1.807, 2.05) is 30.3 Å². The van der Waals surface area contributed by atoms with Gasteiger partial charge in [-0.3, -0.25) is 52.7 Å². The van der Waals surface area contributed by atoms with Crippen molar-refractivity contribution in [1.29, 1.82) is 0 Å². The predicted octanol–water partition coefficient (Wildman–Crippen LogP) is 4.84. The Kier molecular flexibility index (Phi) is 29.5. The SMILES string of the molecule is CC(=O)CCC(=O)N1CC(=O)N[C@@H](Cc2ccccc2)CN(CC(N)=O)C(=O)CCCSc2ccc(cc2)C(=O)N[C@@H](Cc2ccccc2)CN(C(=O)CCC2CCCCC2)CC(=O)N[C@@H](CCC(=O)O)CN(C(=O)Cc2ccc3c(c2)OCO3)CC(=O)N[C@@H](CCC(=O)O)C1. The number of benzene rings is 4.